The van der Waals surface area contributed by atoms with Gasteiger partial charge in [-0.15, -0.1) is 12.4 Å². The summed E-state index contributed by atoms with van der Waals surface area (Å²) in [6.07, 6.45) is 2.41. The number of ketones is 1. The second-order valence-corrected chi connectivity index (χ2v) is 5.69. The molecule has 1 aliphatic carbocycles. The van der Waals surface area contributed by atoms with E-state index < -0.39 is 0 Å². The molecule has 1 fully saturated rings. The molecule has 0 aliphatic heterocycles. The number of Topliss-reactive ketones (excluding diaryl/α,β-unsaturated/α-hetero) is 1. The summed E-state index contributed by atoms with van der Waals surface area (Å²) in [7, 11) is 5.88. The number of halogens is 1. The first-order valence-corrected chi connectivity index (χ1v) is 6.90. The highest BCUT2D eigenvalue weighted by molar-refractivity contribution is 5.85. The summed E-state index contributed by atoms with van der Waals surface area (Å²) in [4.78, 5) is 14.0. The van der Waals surface area contributed by atoms with E-state index >= 15 is 0 Å². The molecule has 2 atom stereocenters. The maximum absolute atomic E-state index is 11.8. The van der Waals surface area contributed by atoms with Crippen molar-refractivity contribution in [2.24, 2.45) is 5.92 Å². The van der Waals surface area contributed by atoms with Crippen molar-refractivity contribution >= 4 is 18.2 Å². The zero-order valence-corrected chi connectivity index (χ0v) is 13.3. The van der Waals surface area contributed by atoms with E-state index in [1.54, 1.807) is 7.11 Å². The monoisotopic (exact) mass is 297 g/mol. The third kappa shape index (κ3) is 4.22. The average molecular weight is 298 g/mol. The lowest BCUT2D eigenvalue weighted by atomic mass is 9.74. The Morgan fingerprint density at radius 2 is 2.10 bits per heavy atom. The minimum absolute atomic E-state index is 0. The highest BCUT2D eigenvalue weighted by Gasteiger charge is 2.30. The Hall–Kier alpha value is -1.06. The second kappa shape index (κ2) is 7.65. The molecule has 1 aliphatic rings. The molecule has 2 rings (SSSR count). The average Bonchev–Trinajstić information content (AvgIpc) is 2.40. The van der Waals surface area contributed by atoms with Crippen LogP contribution in [-0.2, 0) is 4.79 Å². The van der Waals surface area contributed by atoms with Crippen LogP contribution >= 0.6 is 12.4 Å². The molecule has 0 spiro atoms. The molecule has 0 N–H and O–H groups in total. The van der Waals surface area contributed by atoms with E-state index in [1.807, 2.05) is 12.1 Å². The Morgan fingerprint density at radius 3 is 2.75 bits per heavy atom. The summed E-state index contributed by atoms with van der Waals surface area (Å²) in [5.74, 6) is 2.15. The second-order valence-electron chi connectivity index (χ2n) is 5.69. The van der Waals surface area contributed by atoms with Crippen LogP contribution in [0, 0.1) is 5.92 Å². The fourth-order valence-electron chi connectivity index (χ4n) is 3.01. The third-order valence-corrected chi connectivity index (χ3v) is 3.93. The molecule has 1 aromatic carbocycles. The van der Waals surface area contributed by atoms with Crippen molar-refractivity contribution in [2.45, 2.75) is 25.2 Å². The normalized spacial score (nSPS) is 22.5. The molecule has 0 aromatic heterocycles. The Balaban J connectivity index is 0.00000200. The largest absolute Gasteiger partial charge is 0.497 e. The Kier molecular flexibility index (Phi) is 6.50. The zero-order valence-electron chi connectivity index (χ0n) is 12.5. The summed E-state index contributed by atoms with van der Waals surface area (Å²) < 4.78 is 5.29. The smallest absolute Gasteiger partial charge is 0.133 e. The molecule has 0 bridgehead atoms. The van der Waals surface area contributed by atoms with Crippen molar-refractivity contribution in [2.75, 3.05) is 27.7 Å². The van der Waals surface area contributed by atoms with Crippen molar-refractivity contribution < 1.29 is 9.53 Å². The highest BCUT2D eigenvalue weighted by atomic mass is 35.5. The minimum atomic E-state index is 0. The molecule has 1 saturated carbocycles. The summed E-state index contributed by atoms with van der Waals surface area (Å²) in [6.45, 7) is 1.04. The number of hydrogen-bond acceptors (Lipinski definition) is 3. The summed E-state index contributed by atoms with van der Waals surface area (Å²) in [5.41, 5.74) is 1.24. The summed E-state index contributed by atoms with van der Waals surface area (Å²) in [5, 5.41) is 0. The fraction of sp³-hybridized carbons (Fsp3) is 0.562. The number of nitrogens with zero attached hydrogens (tertiary/aromatic N) is 1. The lowest BCUT2D eigenvalue weighted by molar-refractivity contribution is -0.121. The van der Waals surface area contributed by atoms with Gasteiger partial charge in [-0.05, 0) is 50.0 Å². The lowest BCUT2D eigenvalue weighted by Crippen LogP contribution is -2.31. The Morgan fingerprint density at radius 1 is 1.35 bits per heavy atom. The van der Waals surface area contributed by atoms with E-state index in [4.69, 9.17) is 4.74 Å². The van der Waals surface area contributed by atoms with Crippen LogP contribution in [0.2, 0.25) is 0 Å². The van der Waals surface area contributed by atoms with E-state index in [9.17, 15) is 4.79 Å². The van der Waals surface area contributed by atoms with Gasteiger partial charge in [-0.1, -0.05) is 12.1 Å². The fourth-order valence-corrected chi connectivity index (χ4v) is 3.01. The number of carbonyl (C=O) groups is 1. The van der Waals surface area contributed by atoms with E-state index in [2.05, 4.69) is 31.1 Å². The first-order valence-electron chi connectivity index (χ1n) is 6.90. The predicted octanol–water partition coefficient (Wildman–Crippen LogP) is 3.13. The van der Waals surface area contributed by atoms with Crippen molar-refractivity contribution in [1.29, 1.82) is 0 Å². The van der Waals surface area contributed by atoms with Gasteiger partial charge < -0.3 is 9.64 Å². The molecule has 20 heavy (non-hydrogen) atoms. The summed E-state index contributed by atoms with van der Waals surface area (Å²) >= 11 is 0. The third-order valence-electron chi connectivity index (χ3n) is 3.93. The maximum atomic E-state index is 11.8. The van der Waals surface area contributed by atoms with Gasteiger partial charge in [0.05, 0.1) is 7.11 Å². The number of hydrogen-bond donors (Lipinski definition) is 0. The molecule has 4 heteroatoms. The van der Waals surface area contributed by atoms with E-state index in [-0.39, 0.29) is 12.4 Å². The standard InChI is InChI=1S/C16H23NO2.ClH/c1-17(2)11-13-7-8-14(18)10-16(13)12-5-4-6-15(9-12)19-3;/h4-6,9,13,16H,7-8,10-11H2,1-3H3;1H/t13-,16-;/m1./s1. The SMILES string of the molecule is COc1cccc([C@H]2CC(=O)CC[C@@H]2CN(C)C)c1.Cl. The number of carbonyl (C=O) groups excluding carboxylic acids is 1. The molecule has 1 aromatic rings. The van der Waals surface area contributed by atoms with Gasteiger partial charge in [0, 0.05) is 19.4 Å². The van der Waals surface area contributed by atoms with Gasteiger partial charge in [-0.2, -0.15) is 0 Å². The Bertz CT molecular complexity index is 448. The van der Waals surface area contributed by atoms with E-state index in [0.29, 0.717) is 24.0 Å². The molecule has 0 amide bonds. The van der Waals surface area contributed by atoms with Crippen molar-refractivity contribution in [3.8, 4) is 5.75 Å². The van der Waals surface area contributed by atoms with Crippen molar-refractivity contribution in [3.63, 3.8) is 0 Å². The Labute approximate surface area is 127 Å². The number of rotatable bonds is 4. The van der Waals surface area contributed by atoms with Crippen molar-refractivity contribution in [3.05, 3.63) is 29.8 Å². The minimum Gasteiger partial charge on any atom is -0.497 e. The van der Waals surface area contributed by atoms with Crippen LogP contribution in [0.3, 0.4) is 0 Å². The van der Waals surface area contributed by atoms with Crippen LogP contribution in [0.25, 0.3) is 0 Å². The molecule has 0 radical (unpaired) electrons. The van der Waals surface area contributed by atoms with Crippen LogP contribution in [0.15, 0.2) is 24.3 Å². The summed E-state index contributed by atoms with van der Waals surface area (Å²) in [6, 6.07) is 8.16. The topological polar surface area (TPSA) is 29.5 Å². The van der Waals surface area contributed by atoms with Crippen LogP contribution in [0.5, 0.6) is 5.75 Å². The molecule has 0 saturated heterocycles. The number of benzene rings is 1. The van der Waals surface area contributed by atoms with Crippen LogP contribution in [0.4, 0.5) is 0 Å². The molecular formula is C16H24ClNO2. The van der Waals surface area contributed by atoms with Crippen molar-refractivity contribution in [1.82, 2.24) is 4.90 Å². The highest BCUT2D eigenvalue weighted by Crippen LogP contribution is 2.37. The van der Waals surface area contributed by atoms with E-state index in [0.717, 1.165) is 25.1 Å². The van der Waals surface area contributed by atoms with Gasteiger partial charge in [0.25, 0.3) is 0 Å². The zero-order chi connectivity index (χ0) is 13.8. The lowest BCUT2D eigenvalue weighted by Gasteiger charge is -2.33. The quantitative estimate of drug-likeness (QED) is 0.855. The van der Waals surface area contributed by atoms with Crippen LogP contribution in [-0.4, -0.2) is 38.4 Å². The first kappa shape index (κ1) is 17.0. The number of methoxy groups -OCH3 is 1. The maximum Gasteiger partial charge on any atom is 0.133 e. The predicted molar refractivity (Wildman–Crippen MR) is 83.9 cm³/mol. The first-order chi connectivity index (χ1) is 9.10. The number of ether oxygens (including phenoxy) is 1. The molecule has 0 unspecified atom stereocenters. The van der Waals surface area contributed by atoms with Gasteiger partial charge in [-0.25, -0.2) is 0 Å². The van der Waals surface area contributed by atoms with Crippen LogP contribution in [0.1, 0.15) is 30.7 Å². The van der Waals surface area contributed by atoms with Gasteiger partial charge in [-0.3, -0.25) is 4.79 Å². The van der Waals surface area contributed by atoms with Gasteiger partial charge in [0.1, 0.15) is 11.5 Å². The van der Waals surface area contributed by atoms with Gasteiger partial charge in [0.2, 0.25) is 0 Å². The van der Waals surface area contributed by atoms with Gasteiger partial charge >= 0.3 is 0 Å². The molecule has 3 nitrogen and oxygen atoms in total. The molecular weight excluding hydrogens is 274 g/mol. The van der Waals surface area contributed by atoms with Crippen LogP contribution < -0.4 is 4.74 Å². The molecule has 0 heterocycles. The van der Waals surface area contributed by atoms with E-state index in [1.165, 1.54) is 5.56 Å². The molecule has 112 valence electrons. The van der Waals surface area contributed by atoms with Gasteiger partial charge in [0.15, 0.2) is 0 Å².